The number of piperidine rings is 1. The minimum absolute atomic E-state index is 0. The third-order valence-electron chi connectivity index (χ3n) is 4.31. The highest BCUT2D eigenvalue weighted by Crippen LogP contribution is 2.26. The Kier molecular flexibility index (Phi) is 9.05. The van der Waals surface area contributed by atoms with Crippen molar-refractivity contribution in [3.8, 4) is 5.75 Å². The molecule has 0 saturated carbocycles. The van der Waals surface area contributed by atoms with E-state index < -0.39 is 10.0 Å². The molecule has 0 spiro atoms. The maximum atomic E-state index is 12.7. The molecule has 1 N–H and O–H groups in total. The summed E-state index contributed by atoms with van der Waals surface area (Å²) in [4.78, 5) is 0.357. The first-order valence-corrected chi connectivity index (χ1v) is 9.89. The van der Waals surface area contributed by atoms with E-state index in [9.17, 15) is 8.42 Å². The van der Waals surface area contributed by atoms with Crippen LogP contribution in [0.3, 0.4) is 0 Å². The molecule has 1 aliphatic rings. The standard InChI is InChI=1S/C17H28N2O3S.ClH/c1-3-14-22-16-4-6-17(7-5-16)23(20,21)19-12-9-15(10-13-19)8-11-18-2;/h4-7,15,18H,3,8-14H2,1-2H3;1H. The number of sulfonamides is 1. The van der Waals surface area contributed by atoms with Crippen molar-refractivity contribution in [2.75, 3.05) is 33.3 Å². The quantitative estimate of drug-likeness (QED) is 0.757. The molecule has 1 aliphatic heterocycles. The number of ether oxygens (including phenoxy) is 1. The Bertz CT molecular complexity index is 570. The maximum absolute atomic E-state index is 12.7. The number of hydrogen-bond donors (Lipinski definition) is 1. The average Bonchev–Trinajstić information content (AvgIpc) is 2.59. The van der Waals surface area contributed by atoms with Gasteiger partial charge in [0, 0.05) is 13.1 Å². The van der Waals surface area contributed by atoms with Crippen LogP contribution in [0.15, 0.2) is 29.2 Å². The van der Waals surface area contributed by atoms with Crippen molar-refractivity contribution in [3.63, 3.8) is 0 Å². The SMILES string of the molecule is CCCOc1ccc(S(=O)(=O)N2CCC(CCNC)CC2)cc1.Cl. The smallest absolute Gasteiger partial charge is 0.243 e. The highest BCUT2D eigenvalue weighted by atomic mass is 35.5. The topological polar surface area (TPSA) is 58.6 Å². The Hall–Kier alpha value is -0.820. The van der Waals surface area contributed by atoms with E-state index in [1.807, 2.05) is 14.0 Å². The van der Waals surface area contributed by atoms with E-state index in [4.69, 9.17) is 4.74 Å². The molecule has 0 aliphatic carbocycles. The van der Waals surface area contributed by atoms with E-state index in [1.165, 1.54) is 0 Å². The zero-order valence-corrected chi connectivity index (χ0v) is 16.2. The zero-order chi connectivity index (χ0) is 16.7. The molecule has 0 amide bonds. The fourth-order valence-electron chi connectivity index (χ4n) is 2.86. The summed E-state index contributed by atoms with van der Waals surface area (Å²) in [6, 6.07) is 6.77. The van der Waals surface area contributed by atoms with Gasteiger partial charge in [0.2, 0.25) is 10.0 Å². The van der Waals surface area contributed by atoms with Gasteiger partial charge in [-0.1, -0.05) is 6.92 Å². The van der Waals surface area contributed by atoms with Crippen LogP contribution >= 0.6 is 12.4 Å². The molecule has 0 unspecified atom stereocenters. The fourth-order valence-corrected chi connectivity index (χ4v) is 4.33. The van der Waals surface area contributed by atoms with Gasteiger partial charge in [0.15, 0.2) is 0 Å². The van der Waals surface area contributed by atoms with Gasteiger partial charge in [0.1, 0.15) is 5.75 Å². The Morgan fingerprint density at radius 3 is 2.38 bits per heavy atom. The van der Waals surface area contributed by atoms with Crippen molar-refractivity contribution >= 4 is 22.4 Å². The van der Waals surface area contributed by atoms with Crippen molar-refractivity contribution in [1.29, 1.82) is 0 Å². The van der Waals surface area contributed by atoms with Gasteiger partial charge in [0.05, 0.1) is 11.5 Å². The maximum Gasteiger partial charge on any atom is 0.243 e. The molecule has 24 heavy (non-hydrogen) atoms. The summed E-state index contributed by atoms with van der Waals surface area (Å²) in [6.45, 7) is 4.91. The predicted molar refractivity (Wildman–Crippen MR) is 99.5 cm³/mol. The predicted octanol–water partition coefficient (Wildman–Crippen LogP) is 2.91. The molecule has 5 nitrogen and oxygen atoms in total. The molecule has 1 saturated heterocycles. The lowest BCUT2D eigenvalue weighted by Gasteiger charge is -2.31. The zero-order valence-electron chi connectivity index (χ0n) is 14.5. The summed E-state index contributed by atoms with van der Waals surface area (Å²) >= 11 is 0. The van der Waals surface area contributed by atoms with Crippen molar-refractivity contribution in [1.82, 2.24) is 9.62 Å². The molecule has 1 aromatic rings. The van der Waals surface area contributed by atoms with Gasteiger partial charge in [0.25, 0.3) is 0 Å². The van der Waals surface area contributed by atoms with E-state index in [2.05, 4.69) is 5.32 Å². The first-order valence-electron chi connectivity index (χ1n) is 8.45. The van der Waals surface area contributed by atoms with Gasteiger partial charge in [-0.3, -0.25) is 0 Å². The molecule has 1 aromatic carbocycles. The molecule has 0 atom stereocenters. The number of nitrogens with one attached hydrogen (secondary N) is 1. The number of benzene rings is 1. The van der Waals surface area contributed by atoms with E-state index >= 15 is 0 Å². The van der Waals surface area contributed by atoms with E-state index in [-0.39, 0.29) is 12.4 Å². The Morgan fingerprint density at radius 1 is 1.21 bits per heavy atom. The monoisotopic (exact) mass is 376 g/mol. The molecule has 0 bridgehead atoms. The van der Waals surface area contributed by atoms with Crippen molar-refractivity contribution in [3.05, 3.63) is 24.3 Å². The van der Waals surface area contributed by atoms with E-state index in [0.29, 0.717) is 30.5 Å². The van der Waals surface area contributed by atoms with Crippen LogP contribution in [0, 0.1) is 5.92 Å². The Morgan fingerprint density at radius 2 is 1.83 bits per heavy atom. The first-order chi connectivity index (χ1) is 11.1. The summed E-state index contributed by atoms with van der Waals surface area (Å²) in [5.41, 5.74) is 0. The highest BCUT2D eigenvalue weighted by molar-refractivity contribution is 7.89. The van der Waals surface area contributed by atoms with Crippen LogP contribution in [0.2, 0.25) is 0 Å². The van der Waals surface area contributed by atoms with Crippen molar-refractivity contribution in [2.24, 2.45) is 5.92 Å². The molecule has 7 heteroatoms. The summed E-state index contributed by atoms with van der Waals surface area (Å²) < 4.78 is 32.5. The van der Waals surface area contributed by atoms with Crippen LogP contribution in [0.1, 0.15) is 32.6 Å². The molecule has 2 rings (SSSR count). The summed E-state index contributed by atoms with van der Waals surface area (Å²) in [6.07, 6.45) is 3.94. The molecule has 1 heterocycles. The third-order valence-corrected chi connectivity index (χ3v) is 6.22. The molecule has 0 aromatic heterocycles. The van der Waals surface area contributed by atoms with Gasteiger partial charge >= 0.3 is 0 Å². The Labute approximate surface area is 152 Å². The largest absolute Gasteiger partial charge is 0.494 e. The van der Waals surface area contributed by atoms with Gasteiger partial charge in [-0.2, -0.15) is 4.31 Å². The Balaban J connectivity index is 0.00000288. The van der Waals surface area contributed by atoms with Crippen LogP contribution in [0.4, 0.5) is 0 Å². The molecule has 0 radical (unpaired) electrons. The molecular weight excluding hydrogens is 348 g/mol. The lowest BCUT2D eigenvalue weighted by atomic mass is 9.95. The normalized spacial score (nSPS) is 16.6. The summed E-state index contributed by atoms with van der Waals surface area (Å²) in [5, 5.41) is 3.16. The van der Waals surface area contributed by atoms with Crippen LogP contribution in [-0.4, -0.2) is 46.0 Å². The number of rotatable bonds is 8. The molecule has 1 fully saturated rings. The van der Waals surface area contributed by atoms with Gasteiger partial charge in [-0.15, -0.1) is 12.4 Å². The fraction of sp³-hybridized carbons (Fsp3) is 0.647. The average molecular weight is 377 g/mol. The van der Waals surface area contributed by atoms with Gasteiger partial charge < -0.3 is 10.1 Å². The van der Waals surface area contributed by atoms with Gasteiger partial charge in [-0.05, 0) is 69.5 Å². The first kappa shape index (κ1) is 21.2. The van der Waals surface area contributed by atoms with Gasteiger partial charge in [-0.25, -0.2) is 8.42 Å². The van der Waals surface area contributed by atoms with Crippen LogP contribution in [-0.2, 0) is 10.0 Å². The molecule has 138 valence electrons. The summed E-state index contributed by atoms with van der Waals surface area (Å²) in [5.74, 6) is 1.34. The second-order valence-electron chi connectivity index (χ2n) is 6.06. The lowest BCUT2D eigenvalue weighted by molar-refractivity contribution is 0.263. The minimum atomic E-state index is -3.38. The second kappa shape index (κ2) is 10.2. The number of nitrogens with zero attached hydrogens (tertiary/aromatic N) is 1. The van der Waals surface area contributed by atoms with Crippen LogP contribution < -0.4 is 10.1 Å². The van der Waals surface area contributed by atoms with E-state index in [1.54, 1.807) is 28.6 Å². The lowest BCUT2D eigenvalue weighted by Crippen LogP contribution is -2.38. The second-order valence-corrected chi connectivity index (χ2v) is 8.00. The van der Waals surface area contributed by atoms with Crippen molar-refractivity contribution in [2.45, 2.75) is 37.5 Å². The van der Waals surface area contributed by atoms with Crippen molar-refractivity contribution < 1.29 is 13.2 Å². The number of halogens is 1. The van der Waals surface area contributed by atoms with E-state index in [0.717, 1.165) is 38.0 Å². The number of hydrogen-bond acceptors (Lipinski definition) is 4. The minimum Gasteiger partial charge on any atom is -0.494 e. The molecular formula is C17H29ClN2O3S. The van der Waals surface area contributed by atoms with Crippen LogP contribution in [0.25, 0.3) is 0 Å². The van der Waals surface area contributed by atoms with Crippen LogP contribution in [0.5, 0.6) is 5.75 Å². The third kappa shape index (κ3) is 5.62. The summed E-state index contributed by atoms with van der Waals surface area (Å²) in [7, 11) is -1.43. The highest BCUT2D eigenvalue weighted by Gasteiger charge is 2.29.